The molecule has 0 amide bonds. The van der Waals surface area contributed by atoms with Crippen molar-refractivity contribution in [2.24, 2.45) is 4.99 Å². The number of para-hydroxylation sites is 2. The maximum absolute atomic E-state index is 5.48. The predicted octanol–water partition coefficient (Wildman–Crippen LogP) is 14.4. The molecular formula is C55H40N2. The molecular weight excluding hydrogens is 689 g/mol. The summed E-state index contributed by atoms with van der Waals surface area (Å²) in [5.41, 5.74) is 20.4. The first kappa shape index (κ1) is 33.3. The van der Waals surface area contributed by atoms with Gasteiger partial charge in [-0.2, -0.15) is 0 Å². The Kier molecular flexibility index (Phi) is 7.62. The molecule has 2 nitrogen and oxygen atoms in total. The molecule has 0 saturated carbocycles. The normalized spacial score (nSPS) is 14.1. The van der Waals surface area contributed by atoms with Crippen molar-refractivity contribution < 1.29 is 0 Å². The molecule has 0 saturated heterocycles. The number of fused-ring (bicyclic) bond motifs is 7. The van der Waals surface area contributed by atoms with Gasteiger partial charge in [0.25, 0.3) is 0 Å². The average Bonchev–Trinajstić information content (AvgIpc) is 3.61. The van der Waals surface area contributed by atoms with Crippen LogP contribution in [0.3, 0.4) is 0 Å². The Bertz CT molecular complexity index is 3090. The lowest BCUT2D eigenvalue weighted by atomic mass is 9.82. The van der Waals surface area contributed by atoms with Crippen LogP contribution in [0, 0.1) is 0 Å². The second kappa shape index (κ2) is 13.0. The van der Waals surface area contributed by atoms with Gasteiger partial charge in [0.1, 0.15) is 0 Å². The van der Waals surface area contributed by atoms with Crippen LogP contribution in [0.15, 0.2) is 199 Å². The molecule has 1 aliphatic carbocycles. The Balaban J connectivity index is 1.09. The number of aliphatic imine (C=N–C) groups is 1. The number of nitrogens with zero attached hydrogens (tertiary/aromatic N) is 2. The van der Waals surface area contributed by atoms with Crippen LogP contribution in [0.1, 0.15) is 48.1 Å². The van der Waals surface area contributed by atoms with Crippen LogP contribution < -0.4 is 0 Å². The Morgan fingerprint density at radius 2 is 1.05 bits per heavy atom. The Morgan fingerprint density at radius 1 is 0.439 bits per heavy atom. The number of allylic oxidation sites excluding steroid dienone is 1. The average molecular weight is 729 g/mol. The van der Waals surface area contributed by atoms with Gasteiger partial charge >= 0.3 is 0 Å². The number of rotatable bonds is 5. The van der Waals surface area contributed by atoms with Crippen LogP contribution in [0.2, 0.25) is 0 Å². The van der Waals surface area contributed by atoms with Crippen molar-refractivity contribution in [2.75, 3.05) is 0 Å². The maximum atomic E-state index is 5.48. The van der Waals surface area contributed by atoms with E-state index in [-0.39, 0.29) is 5.41 Å². The first-order valence-electron chi connectivity index (χ1n) is 19.9. The Morgan fingerprint density at radius 3 is 1.84 bits per heavy atom. The largest absolute Gasteiger partial charge is 0.309 e. The van der Waals surface area contributed by atoms with E-state index >= 15 is 0 Å². The fraction of sp³-hybridized carbons (Fsp3) is 0.0727. The van der Waals surface area contributed by atoms with Gasteiger partial charge in [-0.05, 0) is 104 Å². The molecule has 0 fully saturated rings. The minimum atomic E-state index is -0.104. The third-order valence-electron chi connectivity index (χ3n) is 12.2. The summed E-state index contributed by atoms with van der Waals surface area (Å²) in [4.78, 5) is 5.48. The highest BCUT2D eigenvalue weighted by Crippen LogP contribution is 2.51. The molecule has 8 aromatic carbocycles. The molecule has 9 aromatic rings. The summed E-state index contributed by atoms with van der Waals surface area (Å²) >= 11 is 0. The maximum Gasteiger partial charge on any atom is 0.0711 e. The summed E-state index contributed by atoms with van der Waals surface area (Å²) < 4.78 is 2.49. The molecule has 1 aliphatic heterocycles. The van der Waals surface area contributed by atoms with Gasteiger partial charge in [-0.15, -0.1) is 0 Å². The number of hydrogen-bond acceptors (Lipinski definition) is 1. The molecule has 11 rings (SSSR count). The molecule has 0 spiro atoms. The minimum absolute atomic E-state index is 0.104. The molecule has 2 aliphatic rings. The van der Waals surface area contributed by atoms with Crippen LogP contribution in [0.5, 0.6) is 0 Å². The fourth-order valence-corrected chi connectivity index (χ4v) is 9.37. The summed E-state index contributed by atoms with van der Waals surface area (Å²) in [5, 5.41) is 2.53. The number of aromatic nitrogens is 1. The van der Waals surface area contributed by atoms with Gasteiger partial charge in [0, 0.05) is 33.9 Å². The third-order valence-corrected chi connectivity index (χ3v) is 12.2. The quantitative estimate of drug-likeness (QED) is 0.168. The predicted molar refractivity (Wildman–Crippen MR) is 240 cm³/mol. The molecule has 0 radical (unpaired) electrons. The molecule has 2 heterocycles. The number of benzene rings is 8. The van der Waals surface area contributed by atoms with Gasteiger partial charge in [0.15, 0.2) is 0 Å². The van der Waals surface area contributed by atoms with Crippen LogP contribution in [-0.2, 0) is 5.41 Å². The first-order valence-corrected chi connectivity index (χ1v) is 19.9. The van der Waals surface area contributed by atoms with E-state index in [0.29, 0.717) is 6.42 Å². The van der Waals surface area contributed by atoms with E-state index in [9.17, 15) is 0 Å². The van der Waals surface area contributed by atoms with E-state index in [2.05, 4.69) is 213 Å². The topological polar surface area (TPSA) is 17.3 Å². The van der Waals surface area contributed by atoms with Crippen molar-refractivity contribution in [3.8, 4) is 39.1 Å². The highest BCUT2D eigenvalue weighted by Gasteiger charge is 2.36. The van der Waals surface area contributed by atoms with Crippen molar-refractivity contribution in [3.05, 3.63) is 222 Å². The van der Waals surface area contributed by atoms with Gasteiger partial charge in [-0.1, -0.05) is 166 Å². The van der Waals surface area contributed by atoms with Crippen LogP contribution in [0.4, 0.5) is 5.69 Å². The van der Waals surface area contributed by atoms with E-state index in [4.69, 9.17) is 4.99 Å². The second-order valence-corrected chi connectivity index (χ2v) is 15.9. The zero-order chi connectivity index (χ0) is 38.1. The van der Waals surface area contributed by atoms with E-state index in [0.717, 1.165) is 28.2 Å². The van der Waals surface area contributed by atoms with Crippen molar-refractivity contribution in [1.29, 1.82) is 0 Å². The number of hydrogen-bond donors (Lipinski definition) is 0. The second-order valence-electron chi connectivity index (χ2n) is 15.9. The lowest BCUT2D eigenvalue weighted by molar-refractivity contribution is 0.661. The Labute approximate surface area is 333 Å². The molecule has 270 valence electrons. The molecule has 0 N–H and O–H groups in total. The molecule has 0 bridgehead atoms. The van der Waals surface area contributed by atoms with Gasteiger partial charge in [-0.3, -0.25) is 4.99 Å². The van der Waals surface area contributed by atoms with E-state index < -0.39 is 0 Å². The van der Waals surface area contributed by atoms with E-state index in [1.807, 2.05) is 0 Å². The summed E-state index contributed by atoms with van der Waals surface area (Å²) in [5.74, 6) is 0. The van der Waals surface area contributed by atoms with Crippen molar-refractivity contribution in [1.82, 2.24) is 4.57 Å². The summed E-state index contributed by atoms with van der Waals surface area (Å²) in [6.45, 7) is 4.73. The van der Waals surface area contributed by atoms with Crippen molar-refractivity contribution in [2.45, 2.75) is 25.7 Å². The highest BCUT2D eigenvalue weighted by molar-refractivity contribution is 6.12. The zero-order valence-corrected chi connectivity index (χ0v) is 32.1. The summed E-state index contributed by atoms with van der Waals surface area (Å²) in [7, 11) is 0. The molecule has 57 heavy (non-hydrogen) atoms. The molecule has 2 heteroatoms. The third kappa shape index (κ3) is 5.44. The van der Waals surface area contributed by atoms with Crippen LogP contribution in [0.25, 0.3) is 66.4 Å². The first-order chi connectivity index (χ1) is 28.0. The summed E-state index contributed by atoms with van der Waals surface area (Å²) in [6, 6.07) is 68.7. The van der Waals surface area contributed by atoms with Crippen molar-refractivity contribution in [3.63, 3.8) is 0 Å². The minimum Gasteiger partial charge on any atom is -0.309 e. The lowest BCUT2D eigenvalue weighted by Gasteiger charge is -2.22. The zero-order valence-electron chi connectivity index (χ0n) is 32.1. The molecule has 1 aromatic heterocycles. The smallest absolute Gasteiger partial charge is 0.0711 e. The highest BCUT2D eigenvalue weighted by atomic mass is 15.0. The van der Waals surface area contributed by atoms with Gasteiger partial charge in [0.2, 0.25) is 0 Å². The monoisotopic (exact) mass is 728 g/mol. The van der Waals surface area contributed by atoms with Crippen LogP contribution >= 0.6 is 0 Å². The fourth-order valence-electron chi connectivity index (χ4n) is 9.37. The van der Waals surface area contributed by atoms with E-state index in [1.165, 1.54) is 77.5 Å². The van der Waals surface area contributed by atoms with Gasteiger partial charge in [0.05, 0.1) is 22.4 Å². The lowest BCUT2D eigenvalue weighted by Crippen LogP contribution is -2.15. The Hall–Kier alpha value is -7.03. The standard InChI is InChI=1S/C55H40N2/c1-55(2)49-22-12-9-19-44(49)47-34-48-46-21-11-14-24-53(46)57(54(48)35-50(47)55)42-32-40(37-17-7-4-8-18-37)31-41(33-42)51-30-29-43(45-20-10-13-23-52(45)56-51)39-27-25-38(26-28-39)36-15-5-3-6-16-36/h3-29,31-35H,30H2,1-2H3. The van der Waals surface area contributed by atoms with E-state index in [1.54, 1.807) is 0 Å². The summed E-state index contributed by atoms with van der Waals surface area (Å²) in [6.07, 6.45) is 3.08. The SMILES string of the molecule is CC1(C)c2ccccc2-c2cc3c4ccccc4n(-c4cc(C5=Nc6ccccc6C(c6ccc(-c7ccccc7)cc6)=CC5)cc(-c5ccccc5)c4)c3cc21. The van der Waals surface area contributed by atoms with Crippen LogP contribution in [-0.4, -0.2) is 10.3 Å². The van der Waals surface area contributed by atoms with Crippen molar-refractivity contribution >= 4 is 38.8 Å². The van der Waals surface area contributed by atoms with Gasteiger partial charge in [-0.25, -0.2) is 0 Å². The molecule has 0 unspecified atom stereocenters. The molecule has 0 atom stereocenters. The van der Waals surface area contributed by atoms with Gasteiger partial charge < -0.3 is 4.57 Å².